The molecule has 0 saturated carbocycles. The van der Waals surface area contributed by atoms with E-state index in [4.69, 9.17) is 15.2 Å². The fourth-order valence-electron chi connectivity index (χ4n) is 1.31. The first-order valence-electron chi connectivity index (χ1n) is 5.49. The third-order valence-electron chi connectivity index (χ3n) is 2.57. The molecule has 3 N–H and O–H groups in total. The normalized spacial score (nSPS) is 14.5. The van der Waals surface area contributed by atoms with E-state index in [9.17, 15) is 23.1 Å². The second kappa shape index (κ2) is 5.58. The predicted octanol–water partition coefficient (Wildman–Crippen LogP) is 1.49. The lowest BCUT2D eigenvalue weighted by atomic mass is 10.1. The standard InChI is InChI=1S/C12H14F3NO4/c1-11(18,12(13,14)15)6-20-9-7(10(16)17)4-3-5-8(9)19-2/h3-5,18H,6H2,1-2H3,(H2,16,17). The summed E-state index contributed by atoms with van der Waals surface area (Å²) >= 11 is 0. The predicted molar refractivity (Wildman–Crippen MR) is 63.7 cm³/mol. The summed E-state index contributed by atoms with van der Waals surface area (Å²) in [5, 5.41) is 9.30. The molecule has 0 bridgehead atoms. The van der Waals surface area contributed by atoms with Gasteiger partial charge in [-0.25, -0.2) is 0 Å². The number of primary amides is 1. The van der Waals surface area contributed by atoms with Gasteiger partial charge < -0.3 is 20.3 Å². The Morgan fingerprint density at radius 2 is 2.00 bits per heavy atom. The monoisotopic (exact) mass is 293 g/mol. The number of ether oxygens (including phenoxy) is 2. The van der Waals surface area contributed by atoms with E-state index in [2.05, 4.69) is 0 Å². The maximum absolute atomic E-state index is 12.5. The highest BCUT2D eigenvalue weighted by molar-refractivity contribution is 5.96. The van der Waals surface area contributed by atoms with Gasteiger partial charge in [0.25, 0.3) is 5.91 Å². The molecule has 0 aliphatic rings. The zero-order chi connectivity index (χ0) is 15.6. The molecule has 0 spiro atoms. The molecule has 0 fully saturated rings. The van der Waals surface area contributed by atoms with Crippen molar-refractivity contribution in [2.45, 2.75) is 18.7 Å². The van der Waals surface area contributed by atoms with Crippen LogP contribution in [-0.2, 0) is 0 Å². The van der Waals surface area contributed by atoms with E-state index in [1.54, 1.807) is 0 Å². The number of methoxy groups -OCH3 is 1. The van der Waals surface area contributed by atoms with Gasteiger partial charge in [0.1, 0.15) is 6.61 Å². The van der Waals surface area contributed by atoms with Gasteiger partial charge in [0.2, 0.25) is 0 Å². The van der Waals surface area contributed by atoms with Crippen molar-refractivity contribution >= 4 is 5.91 Å². The lowest BCUT2D eigenvalue weighted by Gasteiger charge is -2.26. The van der Waals surface area contributed by atoms with E-state index in [1.807, 2.05) is 0 Å². The quantitative estimate of drug-likeness (QED) is 0.861. The number of carbonyl (C=O) groups is 1. The van der Waals surface area contributed by atoms with Crippen LogP contribution in [-0.4, -0.2) is 36.5 Å². The Kier molecular flexibility index (Phi) is 4.49. The largest absolute Gasteiger partial charge is 0.493 e. The minimum absolute atomic E-state index is 0.0410. The van der Waals surface area contributed by atoms with Crippen LogP contribution in [0.15, 0.2) is 18.2 Å². The zero-order valence-electron chi connectivity index (χ0n) is 10.8. The molecule has 8 heteroatoms. The van der Waals surface area contributed by atoms with Crippen LogP contribution < -0.4 is 15.2 Å². The molecule has 0 heterocycles. The Morgan fingerprint density at radius 1 is 1.40 bits per heavy atom. The third kappa shape index (κ3) is 3.32. The summed E-state index contributed by atoms with van der Waals surface area (Å²) in [6.07, 6.45) is -4.87. The molecule has 0 saturated heterocycles. The van der Waals surface area contributed by atoms with Crippen molar-refractivity contribution < 1.29 is 32.5 Å². The van der Waals surface area contributed by atoms with Crippen LogP contribution in [0.25, 0.3) is 0 Å². The molecule has 1 aromatic rings. The van der Waals surface area contributed by atoms with E-state index >= 15 is 0 Å². The smallest absolute Gasteiger partial charge is 0.420 e. The van der Waals surface area contributed by atoms with Gasteiger partial charge in [-0.1, -0.05) is 6.07 Å². The molecule has 20 heavy (non-hydrogen) atoms. The summed E-state index contributed by atoms with van der Waals surface area (Å²) in [5.41, 5.74) is 1.90. The number of para-hydroxylation sites is 1. The van der Waals surface area contributed by atoms with Crippen LogP contribution in [0, 0.1) is 0 Å². The SMILES string of the molecule is COc1cccc(C(N)=O)c1OCC(C)(O)C(F)(F)F. The Hall–Kier alpha value is -1.96. The average molecular weight is 293 g/mol. The Labute approximate surface area is 113 Å². The molecular weight excluding hydrogens is 279 g/mol. The fraction of sp³-hybridized carbons (Fsp3) is 0.417. The van der Waals surface area contributed by atoms with Gasteiger partial charge in [-0.2, -0.15) is 13.2 Å². The molecule has 1 amide bonds. The number of nitrogens with two attached hydrogens (primary N) is 1. The number of benzene rings is 1. The number of hydrogen-bond acceptors (Lipinski definition) is 4. The zero-order valence-corrected chi connectivity index (χ0v) is 10.8. The first-order chi connectivity index (χ1) is 9.10. The lowest BCUT2D eigenvalue weighted by molar-refractivity contribution is -0.260. The highest BCUT2D eigenvalue weighted by Crippen LogP contribution is 2.34. The first kappa shape index (κ1) is 16.1. The highest BCUT2D eigenvalue weighted by atomic mass is 19.4. The molecule has 0 aromatic heterocycles. The summed E-state index contributed by atoms with van der Waals surface area (Å²) in [5.74, 6) is -1.09. The number of aliphatic hydroxyl groups is 1. The lowest BCUT2D eigenvalue weighted by Crippen LogP contribution is -2.47. The Bertz CT molecular complexity index is 500. The number of rotatable bonds is 5. The van der Waals surface area contributed by atoms with Crippen molar-refractivity contribution in [2.24, 2.45) is 5.73 Å². The van der Waals surface area contributed by atoms with Gasteiger partial charge in [0.05, 0.1) is 12.7 Å². The topological polar surface area (TPSA) is 81.8 Å². The number of carbonyl (C=O) groups excluding carboxylic acids is 1. The molecule has 0 aliphatic heterocycles. The van der Waals surface area contributed by atoms with E-state index in [0.717, 1.165) is 0 Å². The van der Waals surface area contributed by atoms with Crippen molar-refractivity contribution in [3.8, 4) is 11.5 Å². The first-order valence-corrected chi connectivity index (χ1v) is 5.49. The number of amides is 1. The van der Waals surface area contributed by atoms with Gasteiger partial charge in [-0.05, 0) is 19.1 Å². The molecule has 1 unspecified atom stereocenters. The van der Waals surface area contributed by atoms with Gasteiger partial charge in [-0.3, -0.25) is 4.79 Å². The van der Waals surface area contributed by atoms with E-state index in [0.29, 0.717) is 6.92 Å². The molecule has 0 aliphatic carbocycles. The van der Waals surface area contributed by atoms with Crippen LogP contribution >= 0.6 is 0 Å². The Balaban J connectivity index is 3.06. The molecule has 1 atom stereocenters. The van der Waals surface area contributed by atoms with Crippen LogP contribution in [0.3, 0.4) is 0 Å². The van der Waals surface area contributed by atoms with Crippen LogP contribution in [0.1, 0.15) is 17.3 Å². The van der Waals surface area contributed by atoms with Crippen molar-refractivity contribution in [2.75, 3.05) is 13.7 Å². The molecular formula is C12H14F3NO4. The minimum Gasteiger partial charge on any atom is -0.493 e. The van der Waals surface area contributed by atoms with Gasteiger partial charge in [-0.15, -0.1) is 0 Å². The third-order valence-corrected chi connectivity index (χ3v) is 2.57. The van der Waals surface area contributed by atoms with E-state index < -0.39 is 24.3 Å². The van der Waals surface area contributed by atoms with Crippen molar-refractivity contribution in [3.05, 3.63) is 23.8 Å². The average Bonchev–Trinajstić information content (AvgIpc) is 2.34. The fourth-order valence-corrected chi connectivity index (χ4v) is 1.31. The maximum atomic E-state index is 12.5. The van der Waals surface area contributed by atoms with Crippen molar-refractivity contribution in [1.82, 2.24) is 0 Å². The van der Waals surface area contributed by atoms with Crippen molar-refractivity contribution in [3.63, 3.8) is 0 Å². The van der Waals surface area contributed by atoms with Crippen LogP contribution in [0.4, 0.5) is 13.2 Å². The molecule has 0 radical (unpaired) electrons. The van der Waals surface area contributed by atoms with E-state index in [1.165, 1.54) is 25.3 Å². The highest BCUT2D eigenvalue weighted by Gasteiger charge is 2.50. The summed E-state index contributed by atoms with van der Waals surface area (Å²) < 4.78 is 47.4. The number of halogens is 3. The van der Waals surface area contributed by atoms with Crippen LogP contribution in [0.2, 0.25) is 0 Å². The van der Waals surface area contributed by atoms with E-state index in [-0.39, 0.29) is 17.1 Å². The maximum Gasteiger partial charge on any atom is 0.420 e. The number of alkyl halides is 3. The minimum atomic E-state index is -4.87. The Morgan fingerprint density at radius 3 is 2.45 bits per heavy atom. The van der Waals surface area contributed by atoms with Gasteiger partial charge in [0.15, 0.2) is 17.1 Å². The number of hydrogen-bond donors (Lipinski definition) is 2. The van der Waals surface area contributed by atoms with Crippen molar-refractivity contribution in [1.29, 1.82) is 0 Å². The molecule has 1 rings (SSSR count). The summed E-state index contributed by atoms with van der Waals surface area (Å²) in [6, 6.07) is 4.11. The van der Waals surface area contributed by atoms with Gasteiger partial charge in [0, 0.05) is 0 Å². The van der Waals surface area contributed by atoms with Crippen LogP contribution in [0.5, 0.6) is 11.5 Å². The molecule has 1 aromatic carbocycles. The second-order valence-electron chi connectivity index (χ2n) is 4.26. The summed E-state index contributed by atoms with van der Waals surface area (Å²) in [7, 11) is 1.26. The second-order valence-corrected chi connectivity index (χ2v) is 4.26. The summed E-state index contributed by atoms with van der Waals surface area (Å²) in [4.78, 5) is 11.2. The molecule has 112 valence electrons. The molecule has 5 nitrogen and oxygen atoms in total. The van der Waals surface area contributed by atoms with Gasteiger partial charge >= 0.3 is 6.18 Å². The summed E-state index contributed by atoms with van der Waals surface area (Å²) in [6.45, 7) is -0.538.